The number of hydrogen-bond donors (Lipinski definition) is 1. The Morgan fingerprint density at radius 2 is 2.31 bits per heavy atom. The maximum atomic E-state index is 6.07. The van der Waals surface area contributed by atoms with Gasteiger partial charge in [0.25, 0.3) is 0 Å². The first-order valence-electron chi connectivity index (χ1n) is 3.66. The van der Waals surface area contributed by atoms with Crippen molar-refractivity contribution < 1.29 is 4.74 Å². The highest BCUT2D eigenvalue weighted by Crippen LogP contribution is 2.39. The second-order valence-electron chi connectivity index (χ2n) is 2.58. The monoisotopic (exact) mass is 230 g/mol. The van der Waals surface area contributed by atoms with Crippen molar-refractivity contribution >= 4 is 45.7 Å². The first-order valence-corrected chi connectivity index (χ1v) is 5.37. The molecule has 0 fully saturated rings. The van der Waals surface area contributed by atoms with Gasteiger partial charge in [-0.2, -0.15) is 0 Å². The van der Waals surface area contributed by atoms with Crippen molar-refractivity contribution in [1.29, 1.82) is 0 Å². The van der Waals surface area contributed by atoms with Gasteiger partial charge in [-0.15, -0.1) is 24.0 Å². The number of methoxy groups -OCH3 is 1. The van der Waals surface area contributed by atoms with Crippen molar-refractivity contribution in [2.75, 3.05) is 7.11 Å². The first kappa shape index (κ1) is 9.19. The molecule has 2 rings (SSSR count). The van der Waals surface area contributed by atoms with Crippen LogP contribution in [0.4, 0.5) is 0 Å². The van der Waals surface area contributed by atoms with Crippen LogP contribution in [0, 0.1) is 0 Å². The Labute approximate surface area is 90.7 Å². The maximum absolute atomic E-state index is 6.07. The molecule has 0 aliphatic carbocycles. The molecular formula is C9H7ClOS2. The summed E-state index contributed by atoms with van der Waals surface area (Å²) in [5, 5.41) is 3.75. The Hall–Kier alpha value is -0.380. The van der Waals surface area contributed by atoms with E-state index in [0.29, 0.717) is 5.02 Å². The van der Waals surface area contributed by atoms with Crippen LogP contribution < -0.4 is 4.74 Å². The molecular weight excluding hydrogens is 224 g/mol. The quantitative estimate of drug-likeness (QED) is 0.733. The number of ether oxygens (including phenoxy) is 1. The summed E-state index contributed by atoms with van der Waals surface area (Å²) >= 11 is 11.9. The highest BCUT2D eigenvalue weighted by molar-refractivity contribution is 7.80. The molecule has 68 valence electrons. The van der Waals surface area contributed by atoms with Crippen LogP contribution in [0.5, 0.6) is 5.75 Å². The molecule has 0 spiro atoms. The molecule has 0 bridgehead atoms. The van der Waals surface area contributed by atoms with Crippen LogP contribution in [-0.2, 0) is 0 Å². The smallest absolute Gasteiger partial charge is 0.128 e. The van der Waals surface area contributed by atoms with Crippen LogP contribution in [0.3, 0.4) is 0 Å². The summed E-state index contributed by atoms with van der Waals surface area (Å²) in [4.78, 5) is 0.758. The number of thiol groups is 1. The predicted octanol–water partition coefficient (Wildman–Crippen LogP) is 3.85. The Kier molecular flexibility index (Phi) is 2.41. The van der Waals surface area contributed by atoms with E-state index in [2.05, 4.69) is 12.6 Å². The van der Waals surface area contributed by atoms with Crippen molar-refractivity contribution in [3.05, 3.63) is 22.5 Å². The third-order valence-corrected chi connectivity index (χ3v) is 3.76. The zero-order chi connectivity index (χ0) is 9.42. The number of thiophene rings is 1. The lowest BCUT2D eigenvalue weighted by Crippen LogP contribution is -1.83. The fourth-order valence-corrected chi connectivity index (χ4v) is 2.67. The lowest BCUT2D eigenvalue weighted by molar-refractivity contribution is 0.419. The molecule has 0 atom stereocenters. The van der Waals surface area contributed by atoms with E-state index in [1.807, 2.05) is 17.5 Å². The van der Waals surface area contributed by atoms with Crippen LogP contribution in [0.2, 0.25) is 5.02 Å². The largest absolute Gasteiger partial charge is 0.496 e. The second-order valence-corrected chi connectivity index (χ2v) is 4.35. The van der Waals surface area contributed by atoms with E-state index in [1.54, 1.807) is 18.4 Å². The molecule has 2 aromatic rings. The topological polar surface area (TPSA) is 9.23 Å². The number of fused-ring (bicyclic) bond motifs is 1. The van der Waals surface area contributed by atoms with Gasteiger partial charge in [-0.05, 0) is 17.5 Å². The zero-order valence-corrected chi connectivity index (χ0v) is 9.34. The van der Waals surface area contributed by atoms with Crippen LogP contribution in [0.25, 0.3) is 10.1 Å². The number of hydrogen-bond acceptors (Lipinski definition) is 3. The van der Waals surface area contributed by atoms with Crippen LogP contribution in [0.1, 0.15) is 0 Å². The molecule has 0 radical (unpaired) electrons. The highest BCUT2D eigenvalue weighted by Gasteiger charge is 2.09. The lowest BCUT2D eigenvalue weighted by atomic mass is 10.2. The average Bonchev–Trinajstić information content (AvgIpc) is 2.60. The zero-order valence-electron chi connectivity index (χ0n) is 6.87. The molecule has 0 saturated heterocycles. The Bertz CT molecular complexity index is 450. The van der Waals surface area contributed by atoms with Gasteiger partial charge >= 0.3 is 0 Å². The molecule has 0 amide bonds. The van der Waals surface area contributed by atoms with Crippen LogP contribution in [-0.4, -0.2) is 7.11 Å². The molecule has 1 aromatic carbocycles. The summed E-state index contributed by atoms with van der Waals surface area (Å²) in [6, 6.07) is 3.83. The molecule has 0 aliphatic rings. The second kappa shape index (κ2) is 3.40. The van der Waals surface area contributed by atoms with E-state index in [9.17, 15) is 0 Å². The third-order valence-electron chi connectivity index (χ3n) is 1.84. The number of rotatable bonds is 1. The van der Waals surface area contributed by atoms with Crippen molar-refractivity contribution in [3.63, 3.8) is 0 Å². The first-order chi connectivity index (χ1) is 6.24. The lowest BCUT2D eigenvalue weighted by Gasteiger charge is -2.04. The summed E-state index contributed by atoms with van der Waals surface area (Å²) in [7, 11) is 1.65. The average molecular weight is 231 g/mol. The molecule has 1 aromatic heterocycles. The van der Waals surface area contributed by atoms with E-state index in [-0.39, 0.29) is 0 Å². The SMILES string of the molecule is COc1cc(S)c(Cl)c2sccc12. The standard InChI is InChI=1S/C9H7ClOS2/c1-11-6-4-7(12)8(10)9-5(6)2-3-13-9/h2-4,12H,1H3. The molecule has 1 nitrogen and oxygen atoms in total. The molecule has 13 heavy (non-hydrogen) atoms. The summed E-state index contributed by atoms with van der Waals surface area (Å²) in [6.45, 7) is 0. The van der Waals surface area contributed by atoms with Gasteiger partial charge in [0, 0.05) is 10.3 Å². The fraction of sp³-hybridized carbons (Fsp3) is 0.111. The minimum Gasteiger partial charge on any atom is -0.496 e. The molecule has 1 heterocycles. The van der Waals surface area contributed by atoms with Gasteiger partial charge in [-0.3, -0.25) is 0 Å². The minimum absolute atomic E-state index is 0.703. The van der Waals surface area contributed by atoms with E-state index >= 15 is 0 Å². The van der Waals surface area contributed by atoms with Gasteiger partial charge < -0.3 is 4.74 Å². The molecule has 0 aliphatic heterocycles. The minimum atomic E-state index is 0.703. The summed E-state index contributed by atoms with van der Waals surface area (Å²) in [5.41, 5.74) is 0. The molecule has 0 N–H and O–H groups in total. The third kappa shape index (κ3) is 1.41. The summed E-state index contributed by atoms with van der Waals surface area (Å²) in [6.07, 6.45) is 0. The van der Waals surface area contributed by atoms with E-state index in [4.69, 9.17) is 16.3 Å². The van der Waals surface area contributed by atoms with Crippen molar-refractivity contribution in [1.82, 2.24) is 0 Å². The Morgan fingerprint density at radius 1 is 1.54 bits per heavy atom. The Balaban J connectivity index is 2.87. The van der Waals surface area contributed by atoms with Crippen LogP contribution >= 0.6 is 35.6 Å². The van der Waals surface area contributed by atoms with Gasteiger partial charge in [0.1, 0.15) is 5.75 Å². The van der Waals surface area contributed by atoms with Crippen molar-refractivity contribution in [3.8, 4) is 5.75 Å². The van der Waals surface area contributed by atoms with Gasteiger partial charge in [0.05, 0.1) is 16.8 Å². The van der Waals surface area contributed by atoms with Gasteiger partial charge in [0.2, 0.25) is 0 Å². The van der Waals surface area contributed by atoms with E-state index < -0.39 is 0 Å². The normalized spacial score (nSPS) is 10.7. The van der Waals surface area contributed by atoms with Gasteiger partial charge in [-0.1, -0.05) is 11.6 Å². The number of benzene rings is 1. The van der Waals surface area contributed by atoms with Crippen molar-refractivity contribution in [2.24, 2.45) is 0 Å². The van der Waals surface area contributed by atoms with Crippen LogP contribution in [0.15, 0.2) is 22.4 Å². The number of halogens is 1. The van der Waals surface area contributed by atoms with E-state index in [0.717, 1.165) is 20.7 Å². The van der Waals surface area contributed by atoms with E-state index in [1.165, 1.54) is 0 Å². The summed E-state index contributed by atoms with van der Waals surface area (Å²) in [5.74, 6) is 0.825. The fourth-order valence-electron chi connectivity index (χ4n) is 1.22. The Morgan fingerprint density at radius 3 is 3.00 bits per heavy atom. The molecule has 4 heteroatoms. The predicted molar refractivity (Wildman–Crippen MR) is 60.6 cm³/mol. The summed E-state index contributed by atoms with van der Waals surface area (Å²) < 4.78 is 6.25. The molecule has 0 unspecified atom stereocenters. The highest BCUT2D eigenvalue weighted by atomic mass is 35.5. The van der Waals surface area contributed by atoms with Crippen molar-refractivity contribution in [2.45, 2.75) is 4.90 Å². The maximum Gasteiger partial charge on any atom is 0.128 e. The molecule has 0 saturated carbocycles. The van der Waals surface area contributed by atoms with Gasteiger partial charge in [-0.25, -0.2) is 0 Å². The van der Waals surface area contributed by atoms with Gasteiger partial charge in [0.15, 0.2) is 0 Å².